The molecule has 2 N–H and O–H groups in total. The van der Waals surface area contributed by atoms with E-state index < -0.39 is 0 Å². The highest BCUT2D eigenvalue weighted by Gasteiger charge is 2.17. The maximum Gasteiger partial charge on any atom is 0.220 e. The van der Waals surface area contributed by atoms with Crippen LogP contribution in [0.15, 0.2) is 24.3 Å². The van der Waals surface area contributed by atoms with Crippen LogP contribution in [0.2, 0.25) is 0 Å². The van der Waals surface area contributed by atoms with Crippen molar-refractivity contribution in [1.29, 1.82) is 0 Å². The van der Waals surface area contributed by atoms with Crippen molar-refractivity contribution in [3.63, 3.8) is 0 Å². The van der Waals surface area contributed by atoms with Crippen LogP contribution in [0, 0.1) is 0 Å². The fourth-order valence-electron chi connectivity index (χ4n) is 2.74. The second-order valence-corrected chi connectivity index (χ2v) is 5.81. The van der Waals surface area contributed by atoms with Gasteiger partial charge < -0.3 is 10.6 Å². The molecule has 0 saturated carbocycles. The summed E-state index contributed by atoms with van der Waals surface area (Å²) < 4.78 is 0. The van der Waals surface area contributed by atoms with Crippen LogP contribution in [0.25, 0.3) is 0 Å². The Morgan fingerprint density at radius 3 is 2.75 bits per heavy atom. The van der Waals surface area contributed by atoms with Gasteiger partial charge in [-0.25, -0.2) is 0 Å². The monoisotopic (exact) mass is 274 g/mol. The molecule has 2 atom stereocenters. The van der Waals surface area contributed by atoms with Gasteiger partial charge in [0.05, 0.1) is 0 Å². The van der Waals surface area contributed by atoms with Gasteiger partial charge in [0, 0.05) is 19.0 Å². The van der Waals surface area contributed by atoms with E-state index in [0.717, 1.165) is 32.4 Å². The summed E-state index contributed by atoms with van der Waals surface area (Å²) in [5.74, 6) is 0.447. The lowest BCUT2D eigenvalue weighted by atomic mass is 9.95. The fraction of sp³-hybridized carbons (Fsp3) is 0.588. The van der Waals surface area contributed by atoms with Crippen molar-refractivity contribution < 1.29 is 4.79 Å². The predicted octanol–water partition coefficient (Wildman–Crippen LogP) is 2.61. The SMILES string of the molecule is CCc1ccc(C(C)CC(=O)N[C@H]2CCCNC2)cc1. The Morgan fingerprint density at radius 1 is 1.40 bits per heavy atom. The van der Waals surface area contributed by atoms with Gasteiger partial charge in [0.1, 0.15) is 0 Å². The molecule has 1 aliphatic rings. The molecule has 110 valence electrons. The van der Waals surface area contributed by atoms with Gasteiger partial charge in [-0.2, -0.15) is 0 Å². The topological polar surface area (TPSA) is 41.1 Å². The first-order chi connectivity index (χ1) is 9.69. The van der Waals surface area contributed by atoms with E-state index in [0.29, 0.717) is 12.5 Å². The van der Waals surface area contributed by atoms with E-state index >= 15 is 0 Å². The zero-order valence-corrected chi connectivity index (χ0v) is 12.6. The number of rotatable bonds is 5. The summed E-state index contributed by atoms with van der Waals surface area (Å²) in [5, 5.41) is 6.46. The van der Waals surface area contributed by atoms with Crippen LogP contribution in [0.3, 0.4) is 0 Å². The van der Waals surface area contributed by atoms with E-state index in [1.165, 1.54) is 11.1 Å². The normalized spacial score (nSPS) is 20.4. The lowest BCUT2D eigenvalue weighted by Gasteiger charge is -2.24. The summed E-state index contributed by atoms with van der Waals surface area (Å²) in [7, 11) is 0. The van der Waals surface area contributed by atoms with E-state index in [2.05, 4.69) is 48.7 Å². The zero-order chi connectivity index (χ0) is 14.4. The highest BCUT2D eigenvalue weighted by molar-refractivity contribution is 5.77. The minimum atomic E-state index is 0.172. The first kappa shape index (κ1) is 15.0. The largest absolute Gasteiger partial charge is 0.352 e. The lowest BCUT2D eigenvalue weighted by Crippen LogP contribution is -2.45. The zero-order valence-electron chi connectivity index (χ0n) is 12.6. The third-order valence-electron chi connectivity index (χ3n) is 4.11. The van der Waals surface area contributed by atoms with Crippen LogP contribution in [0.5, 0.6) is 0 Å². The van der Waals surface area contributed by atoms with Gasteiger partial charge in [-0.3, -0.25) is 4.79 Å². The molecule has 0 spiro atoms. The molecule has 3 heteroatoms. The highest BCUT2D eigenvalue weighted by atomic mass is 16.1. The molecular weight excluding hydrogens is 248 g/mol. The van der Waals surface area contributed by atoms with Crippen molar-refractivity contribution in [2.45, 2.75) is 51.5 Å². The molecule has 0 aromatic heterocycles. The molecule has 1 aromatic rings. The Labute approximate surface area is 122 Å². The standard InChI is InChI=1S/C17H26N2O/c1-3-14-6-8-15(9-7-14)13(2)11-17(20)19-16-5-4-10-18-12-16/h6-9,13,16,18H,3-5,10-12H2,1-2H3,(H,19,20)/t13?,16-/m0/s1. The number of aryl methyl sites for hydroxylation is 1. The Kier molecular flexibility index (Phi) is 5.60. The van der Waals surface area contributed by atoms with Crippen molar-refractivity contribution in [1.82, 2.24) is 10.6 Å². The van der Waals surface area contributed by atoms with Crippen LogP contribution < -0.4 is 10.6 Å². The molecule has 1 saturated heterocycles. The van der Waals surface area contributed by atoms with Gasteiger partial charge in [-0.15, -0.1) is 0 Å². The number of carbonyl (C=O) groups excluding carboxylic acids is 1. The number of nitrogens with one attached hydrogen (secondary N) is 2. The van der Waals surface area contributed by atoms with Crippen LogP contribution >= 0.6 is 0 Å². The van der Waals surface area contributed by atoms with Crippen LogP contribution in [-0.2, 0) is 11.2 Å². The minimum absolute atomic E-state index is 0.172. The minimum Gasteiger partial charge on any atom is -0.352 e. The molecule has 1 unspecified atom stereocenters. The summed E-state index contributed by atoms with van der Waals surface area (Å²) in [6.45, 7) is 6.27. The van der Waals surface area contributed by atoms with Crippen molar-refractivity contribution in [3.8, 4) is 0 Å². The molecule has 0 bridgehead atoms. The second kappa shape index (κ2) is 7.44. The molecule has 3 nitrogen and oxygen atoms in total. The molecule has 20 heavy (non-hydrogen) atoms. The number of amides is 1. The molecule has 1 heterocycles. The van der Waals surface area contributed by atoms with E-state index in [9.17, 15) is 4.79 Å². The lowest BCUT2D eigenvalue weighted by molar-refractivity contribution is -0.122. The van der Waals surface area contributed by atoms with Gasteiger partial charge in [0.2, 0.25) is 5.91 Å². The Hall–Kier alpha value is -1.35. The smallest absolute Gasteiger partial charge is 0.220 e. The predicted molar refractivity (Wildman–Crippen MR) is 82.9 cm³/mol. The molecule has 0 radical (unpaired) electrons. The molecule has 1 aromatic carbocycles. The number of piperidine rings is 1. The average molecular weight is 274 g/mol. The fourth-order valence-corrected chi connectivity index (χ4v) is 2.74. The van der Waals surface area contributed by atoms with Gasteiger partial charge in [-0.05, 0) is 42.9 Å². The van der Waals surface area contributed by atoms with Gasteiger partial charge in [-0.1, -0.05) is 38.1 Å². The van der Waals surface area contributed by atoms with E-state index in [1.54, 1.807) is 0 Å². The van der Waals surface area contributed by atoms with Crippen LogP contribution in [-0.4, -0.2) is 25.0 Å². The molecule has 2 rings (SSSR count). The molecule has 1 amide bonds. The first-order valence-electron chi connectivity index (χ1n) is 7.78. The summed E-state index contributed by atoms with van der Waals surface area (Å²) in [5.41, 5.74) is 2.60. The summed E-state index contributed by atoms with van der Waals surface area (Å²) in [6, 6.07) is 8.94. The van der Waals surface area contributed by atoms with Crippen LogP contribution in [0.4, 0.5) is 0 Å². The molecule has 0 aliphatic carbocycles. The number of carbonyl (C=O) groups is 1. The average Bonchev–Trinajstić information content (AvgIpc) is 2.48. The molecular formula is C17H26N2O. The van der Waals surface area contributed by atoms with Crippen molar-refractivity contribution in [2.75, 3.05) is 13.1 Å². The van der Waals surface area contributed by atoms with Gasteiger partial charge >= 0.3 is 0 Å². The summed E-state index contributed by atoms with van der Waals surface area (Å²) in [6.07, 6.45) is 3.88. The molecule has 1 aliphatic heterocycles. The molecule has 1 fully saturated rings. The van der Waals surface area contributed by atoms with E-state index in [1.807, 2.05) is 0 Å². The Morgan fingerprint density at radius 2 is 2.15 bits per heavy atom. The first-order valence-corrected chi connectivity index (χ1v) is 7.78. The van der Waals surface area contributed by atoms with Gasteiger partial charge in [0.15, 0.2) is 0 Å². The quantitative estimate of drug-likeness (QED) is 0.866. The van der Waals surface area contributed by atoms with E-state index in [-0.39, 0.29) is 11.8 Å². The third-order valence-corrected chi connectivity index (χ3v) is 4.11. The highest BCUT2D eigenvalue weighted by Crippen LogP contribution is 2.19. The number of hydrogen-bond acceptors (Lipinski definition) is 2. The van der Waals surface area contributed by atoms with Crippen molar-refractivity contribution in [3.05, 3.63) is 35.4 Å². The summed E-state index contributed by atoms with van der Waals surface area (Å²) in [4.78, 5) is 12.1. The van der Waals surface area contributed by atoms with E-state index in [4.69, 9.17) is 0 Å². The maximum absolute atomic E-state index is 12.1. The Bertz CT molecular complexity index is 421. The Balaban J connectivity index is 1.82. The second-order valence-electron chi connectivity index (χ2n) is 5.81. The number of hydrogen-bond donors (Lipinski definition) is 2. The van der Waals surface area contributed by atoms with Crippen LogP contribution in [0.1, 0.15) is 50.2 Å². The maximum atomic E-state index is 12.1. The van der Waals surface area contributed by atoms with Gasteiger partial charge in [0.25, 0.3) is 0 Å². The van der Waals surface area contributed by atoms with Crippen molar-refractivity contribution in [2.24, 2.45) is 0 Å². The third kappa shape index (κ3) is 4.34. The summed E-state index contributed by atoms with van der Waals surface area (Å²) >= 11 is 0. The number of benzene rings is 1. The van der Waals surface area contributed by atoms with Crippen molar-refractivity contribution >= 4 is 5.91 Å².